The maximum Gasteiger partial charge on any atom is 0.302 e. The summed E-state index contributed by atoms with van der Waals surface area (Å²) >= 11 is 0. The Morgan fingerprint density at radius 2 is 1.72 bits per heavy atom. The molecule has 3 nitrogen and oxygen atoms in total. The van der Waals surface area contributed by atoms with E-state index in [1.807, 2.05) is 13.0 Å². The minimum atomic E-state index is -0.245. The number of carbonyl (C=O) groups excluding carboxylic acids is 2. The van der Waals surface area contributed by atoms with Crippen molar-refractivity contribution in [2.75, 3.05) is 7.11 Å². The van der Waals surface area contributed by atoms with Gasteiger partial charge in [-0.05, 0) is 31.8 Å². The van der Waals surface area contributed by atoms with Crippen LogP contribution in [0, 0.1) is 0 Å². The van der Waals surface area contributed by atoms with Crippen LogP contribution >= 0.6 is 0 Å². The summed E-state index contributed by atoms with van der Waals surface area (Å²) in [5.41, 5.74) is 0.959. The van der Waals surface area contributed by atoms with Crippen LogP contribution in [0.2, 0.25) is 0 Å². The van der Waals surface area contributed by atoms with E-state index in [9.17, 15) is 9.59 Å². The molecule has 0 aromatic heterocycles. The van der Waals surface area contributed by atoms with Gasteiger partial charge < -0.3 is 4.74 Å². The second kappa shape index (κ2) is 13.4. The topological polar surface area (TPSA) is 43.4 Å². The van der Waals surface area contributed by atoms with E-state index in [1.54, 1.807) is 12.2 Å². The van der Waals surface area contributed by atoms with E-state index in [0.717, 1.165) is 31.3 Å². The lowest BCUT2D eigenvalue weighted by Gasteiger charge is -2.10. The third kappa shape index (κ3) is 12.4. The first-order valence-corrected chi connectivity index (χ1v) is 5.99. The minimum absolute atomic E-state index is 0.245. The molecule has 3 heteroatoms. The molecule has 18 heavy (non-hydrogen) atoms. The van der Waals surface area contributed by atoms with Gasteiger partial charge >= 0.3 is 5.97 Å². The third-order valence-electron chi connectivity index (χ3n) is 2.06. The van der Waals surface area contributed by atoms with Gasteiger partial charge in [-0.3, -0.25) is 9.59 Å². The molecule has 0 bridgehead atoms. The van der Waals surface area contributed by atoms with E-state index in [1.165, 1.54) is 14.0 Å². The van der Waals surface area contributed by atoms with Gasteiger partial charge in [0, 0.05) is 13.3 Å². The highest BCUT2D eigenvalue weighted by molar-refractivity contribution is 5.96. The third-order valence-corrected chi connectivity index (χ3v) is 2.06. The number of Topliss-reactive ketones (excluding diaryl/α,β-unsaturated/α-hetero) is 1. The van der Waals surface area contributed by atoms with Crippen LogP contribution in [0.15, 0.2) is 37.0 Å². The molecule has 0 amide bonds. The van der Waals surface area contributed by atoms with Gasteiger partial charge in [0.25, 0.3) is 0 Å². The molecule has 0 spiro atoms. The second-order valence-corrected chi connectivity index (χ2v) is 3.66. The Morgan fingerprint density at radius 3 is 2.06 bits per heavy atom. The number of allylic oxidation sites excluding steroid dienone is 4. The largest absolute Gasteiger partial charge is 0.469 e. The number of ketones is 1. The Balaban J connectivity index is 0. The summed E-state index contributed by atoms with van der Waals surface area (Å²) in [7, 11) is 1.35. The number of carbonyl (C=O) groups is 2. The van der Waals surface area contributed by atoms with Crippen molar-refractivity contribution < 1.29 is 14.3 Å². The molecule has 0 atom stereocenters. The minimum Gasteiger partial charge on any atom is -0.469 e. The van der Waals surface area contributed by atoms with Crippen LogP contribution in [-0.2, 0) is 14.3 Å². The van der Waals surface area contributed by atoms with E-state index in [0.29, 0.717) is 5.78 Å². The Labute approximate surface area is 110 Å². The van der Waals surface area contributed by atoms with Crippen molar-refractivity contribution in [3.05, 3.63) is 37.0 Å². The highest BCUT2D eigenvalue weighted by Crippen LogP contribution is 2.19. The van der Waals surface area contributed by atoms with Gasteiger partial charge in [0.1, 0.15) is 0 Å². The predicted octanol–water partition coefficient (Wildman–Crippen LogP) is 3.61. The van der Waals surface area contributed by atoms with E-state index in [2.05, 4.69) is 17.9 Å². The first-order chi connectivity index (χ1) is 8.53. The molecular weight excluding hydrogens is 228 g/mol. The van der Waals surface area contributed by atoms with Crippen molar-refractivity contribution in [2.24, 2.45) is 0 Å². The zero-order valence-electron chi connectivity index (χ0n) is 11.7. The molecule has 102 valence electrons. The molecule has 0 N–H and O–H groups in total. The molecule has 0 unspecified atom stereocenters. The van der Waals surface area contributed by atoms with Crippen molar-refractivity contribution >= 4 is 11.8 Å². The molecule has 1 fully saturated rings. The van der Waals surface area contributed by atoms with Crippen LogP contribution < -0.4 is 0 Å². The van der Waals surface area contributed by atoms with E-state index in [4.69, 9.17) is 0 Å². The molecule has 0 aliphatic heterocycles. The summed E-state index contributed by atoms with van der Waals surface area (Å²) < 4.78 is 4.11. The van der Waals surface area contributed by atoms with Crippen molar-refractivity contribution in [3.63, 3.8) is 0 Å². The smallest absolute Gasteiger partial charge is 0.302 e. The zero-order chi connectivity index (χ0) is 14.4. The number of esters is 1. The summed E-state index contributed by atoms with van der Waals surface area (Å²) in [6.45, 7) is 10.2. The fraction of sp³-hybridized carbons (Fsp3) is 0.467. The molecule has 1 rings (SSSR count). The Morgan fingerprint density at radius 1 is 1.28 bits per heavy atom. The summed E-state index contributed by atoms with van der Waals surface area (Å²) in [5, 5.41) is 0. The van der Waals surface area contributed by atoms with Gasteiger partial charge in [-0.15, -0.1) is 6.58 Å². The molecule has 0 saturated heterocycles. The number of hydrogen-bond donors (Lipinski definition) is 0. The summed E-state index contributed by atoms with van der Waals surface area (Å²) in [6, 6.07) is 0. The highest BCUT2D eigenvalue weighted by Gasteiger charge is 2.12. The molecule has 0 heterocycles. The second-order valence-electron chi connectivity index (χ2n) is 3.66. The first kappa shape index (κ1) is 18.7. The zero-order valence-corrected chi connectivity index (χ0v) is 11.7. The van der Waals surface area contributed by atoms with Crippen LogP contribution in [0.4, 0.5) is 0 Å². The Bertz CT molecular complexity index is 301. The molecule has 0 aromatic carbocycles. The van der Waals surface area contributed by atoms with Gasteiger partial charge in [0.2, 0.25) is 0 Å². The molecule has 1 aliphatic rings. The maximum atomic E-state index is 11.1. The van der Waals surface area contributed by atoms with E-state index in [-0.39, 0.29) is 5.97 Å². The fourth-order valence-corrected chi connectivity index (χ4v) is 1.22. The predicted molar refractivity (Wildman–Crippen MR) is 75.3 cm³/mol. The normalized spacial score (nSPS) is 15.5. The molecule has 1 saturated carbocycles. The summed E-state index contributed by atoms with van der Waals surface area (Å²) in [5.74, 6) is 0.0659. The molecule has 0 aromatic rings. The molecule has 1 aliphatic carbocycles. The lowest BCUT2D eigenvalue weighted by molar-refractivity contribution is -0.137. The van der Waals surface area contributed by atoms with Gasteiger partial charge in [0.05, 0.1) is 7.11 Å². The Kier molecular flexibility index (Phi) is 14.0. The molecular formula is C15H24O3. The van der Waals surface area contributed by atoms with Gasteiger partial charge in [-0.1, -0.05) is 24.8 Å². The van der Waals surface area contributed by atoms with Crippen molar-refractivity contribution in [3.8, 4) is 0 Å². The first-order valence-electron chi connectivity index (χ1n) is 5.99. The van der Waals surface area contributed by atoms with Crippen molar-refractivity contribution in [1.29, 1.82) is 0 Å². The summed E-state index contributed by atoms with van der Waals surface area (Å²) in [4.78, 5) is 20.7. The van der Waals surface area contributed by atoms with Gasteiger partial charge in [-0.25, -0.2) is 0 Å². The van der Waals surface area contributed by atoms with Gasteiger partial charge in [-0.2, -0.15) is 0 Å². The maximum absolute atomic E-state index is 11.1. The number of methoxy groups -OCH3 is 1. The fourth-order valence-electron chi connectivity index (χ4n) is 1.22. The van der Waals surface area contributed by atoms with Crippen LogP contribution in [0.1, 0.15) is 39.5 Å². The average Bonchev–Trinajstić information content (AvgIpc) is 2.34. The molecule has 0 radical (unpaired) electrons. The van der Waals surface area contributed by atoms with E-state index < -0.39 is 0 Å². The highest BCUT2D eigenvalue weighted by atomic mass is 16.5. The standard InChI is InChI=1S/C9H12O.C3H6O2.C3H6/c1-2-5-8-6-3-4-7-9(8)10;1-3(4)5-2;1-3-2/h2,5H,1,3-4,6-7H2;1-2H3;3H,1H2,2H3/b8-5+;;. The van der Waals surface area contributed by atoms with Crippen LogP contribution in [0.3, 0.4) is 0 Å². The lowest BCUT2D eigenvalue weighted by Crippen LogP contribution is -2.07. The van der Waals surface area contributed by atoms with Gasteiger partial charge in [0.15, 0.2) is 5.78 Å². The van der Waals surface area contributed by atoms with E-state index >= 15 is 0 Å². The van der Waals surface area contributed by atoms with Crippen LogP contribution in [0.5, 0.6) is 0 Å². The monoisotopic (exact) mass is 252 g/mol. The summed E-state index contributed by atoms with van der Waals surface area (Å²) in [6.07, 6.45) is 9.18. The van der Waals surface area contributed by atoms with Crippen LogP contribution in [-0.4, -0.2) is 18.9 Å². The average molecular weight is 252 g/mol. The number of ether oxygens (including phenoxy) is 1. The van der Waals surface area contributed by atoms with Crippen molar-refractivity contribution in [1.82, 2.24) is 0 Å². The van der Waals surface area contributed by atoms with Crippen molar-refractivity contribution in [2.45, 2.75) is 39.5 Å². The van der Waals surface area contributed by atoms with Crippen LogP contribution in [0.25, 0.3) is 0 Å². The number of hydrogen-bond acceptors (Lipinski definition) is 3. The Hall–Kier alpha value is -1.64. The SMILES string of the molecule is C=C/C=C1\CCCCC1=O.C=CC.COC(C)=O. The lowest BCUT2D eigenvalue weighted by atomic mass is 9.93. The quantitative estimate of drug-likeness (QED) is 0.407. The number of rotatable bonds is 1.